The largest absolute Gasteiger partial charge is 0.756 e. The number of ether oxygens (including phenoxy) is 1. The first-order valence-corrected chi connectivity index (χ1v) is 31.0. The van der Waals surface area contributed by atoms with Gasteiger partial charge in [0.1, 0.15) is 19.3 Å². The van der Waals surface area contributed by atoms with Crippen LogP contribution in [-0.4, -0.2) is 69.4 Å². The van der Waals surface area contributed by atoms with Gasteiger partial charge >= 0.3 is 5.97 Å². The van der Waals surface area contributed by atoms with Gasteiger partial charge in [-0.3, -0.25) is 14.2 Å². The van der Waals surface area contributed by atoms with Gasteiger partial charge in [-0.15, -0.1) is 0 Å². The highest BCUT2D eigenvalue weighted by molar-refractivity contribution is 7.45. The Morgan fingerprint density at radius 3 is 1.37 bits per heavy atom. The molecular formula is C63H111N2O7P. The third-order valence-corrected chi connectivity index (χ3v) is 13.5. The number of phosphoric acid groups is 1. The van der Waals surface area contributed by atoms with Gasteiger partial charge in [0.2, 0.25) is 5.91 Å². The second-order valence-corrected chi connectivity index (χ2v) is 22.2. The monoisotopic (exact) mass is 1040 g/mol. The van der Waals surface area contributed by atoms with E-state index in [-0.39, 0.29) is 24.9 Å². The van der Waals surface area contributed by atoms with Crippen LogP contribution in [0, 0.1) is 0 Å². The van der Waals surface area contributed by atoms with Crippen LogP contribution < -0.4 is 10.2 Å². The van der Waals surface area contributed by atoms with Crippen molar-refractivity contribution in [1.29, 1.82) is 0 Å². The number of carbonyl (C=O) groups excluding carboxylic acids is 2. The molecule has 0 aromatic carbocycles. The first-order chi connectivity index (χ1) is 35.4. The number of amides is 1. The minimum absolute atomic E-state index is 0.0326. The van der Waals surface area contributed by atoms with Crippen molar-refractivity contribution in [2.75, 3.05) is 40.9 Å². The van der Waals surface area contributed by atoms with E-state index in [0.29, 0.717) is 23.9 Å². The van der Waals surface area contributed by atoms with Crippen molar-refractivity contribution in [2.45, 2.75) is 251 Å². The normalized spacial score (nSPS) is 14.5. The van der Waals surface area contributed by atoms with Crippen molar-refractivity contribution in [1.82, 2.24) is 5.32 Å². The number of nitrogens with one attached hydrogen (secondary N) is 1. The van der Waals surface area contributed by atoms with Crippen LogP contribution in [0.4, 0.5) is 0 Å². The first-order valence-electron chi connectivity index (χ1n) is 29.5. The highest BCUT2D eigenvalue weighted by Gasteiger charge is 2.27. The van der Waals surface area contributed by atoms with E-state index in [1.54, 1.807) is 0 Å². The van der Waals surface area contributed by atoms with Gasteiger partial charge in [0.25, 0.3) is 7.82 Å². The smallest absolute Gasteiger partial charge is 0.306 e. The van der Waals surface area contributed by atoms with E-state index >= 15 is 0 Å². The van der Waals surface area contributed by atoms with E-state index in [9.17, 15) is 19.0 Å². The van der Waals surface area contributed by atoms with Crippen LogP contribution in [0.5, 0.6) is 0 Å². The summed E-state index contributed by atoms with van der Waals surface area (Å²) >= 11 is 0. The Balaban J connectivity index is 5.32. The number of allylic oxidation sites excluding steroid dienone is 15. The van der Waals surface area contributed by atoms with Gasteiger partial charge in [-0.1, -0.05) is 221 Å². The molecule has 0 saturated heterocycles. The van der Waals surface area contributed by atoms with E-state index in [1.807, 2.05) is 33.3 Å². The molecule has 0 spiro atoms. The van der Waals surface area contributed by atoms with Gasteiger partial charge in [0.15, 0.2) is 0 Å². The molecule has 0 aromatic heterocycles. The number of unbranched alkanes of at least 4 members (excludes halogenated alkanes) is 22. The van der Waals surface area contributed by atoms with Crippen molar-refractivity contribution >= 4 is 19.7 Å². The van der Waals surface area contributed by atoms with Crippen LogP contribution in [0.3, 0.4) is 0 Å². The molecule has 9 nitrogen and oxygen atoms in total. The molecule has 10 heteroatoms. The number of esters is 1. The second-order valence-electron chi connectivity index (χ2n) is 20.8. The minimum atomic E-state index is -4.71. The fourth-order valence-electron chi connectivity index (χ4n) is 7.92. The average Bonchev–Trinajstić information content (AvgIpc) is 3.35. The third kappa shape index (κ3) is 53.6. The predicted molar refractivity (Wildman–Crippen MR) is 311 cm³/mol. The molecule has 0 bridgehead atoms. The summed E-state index contributed by atoms with van der Waals surface area (Å²) in [6.45, 7) is 6.65. The lowest BCUT2D eigenvalue weighted by atomic mass is 10.0. The predicted octanol–water partition coefficient (Wildman–Crippen LogP) is 17.4. The molecule has 0 aliphatic heterocycles. The molecule has 420 valence electrons. The standard InChI is InChI=1S/C63H111N2O7P/c1-7-10-13-16-19-22-25-27-28-29-30-31-32-33-34-35-36-38-41-44-47-50-53-56-63(67)72-61(54-51-48-45-42-40-37-26-23-20-17-14-11-8-2)60(59-71-73(68,69)70-58-57-65(4,5)6)64-62(66)55-52-49-46-43-39-24-21-18-15-12-9-3/h10,13,18-19,21-22,27-28,30-31,33-34,36,38,51,54,60-61H,7-9,11-12,14-17,20,23-26,29,32,35,37,39-50,52-53,55-59H2,1-6H3,(H-,64,66,68,69)/b13-10-,21-18-,22-19-,28-27-,31-30-,34-33-,38-36-,54-51-. The molecule has 1 amide bonds. The van der Waals surface area contributed by atoms with E-state index in [0.717, 1.165) is 128 Å². The zero-order valence-corrected chi connectivity index (χ0v) is 48.7. The summed E-state index contributed by atoms with van der Waals surface area (Å²) in [7, 11) is 1.15. The summed E-state index contributed by atoms with van der Waals surface area (Å²) in [6, 6.07) is -0.907. The Kier molecular flexibility index (Phi) is 50.2. The molecule has 0 saturated carbocycles. The first kappa shape index (κ1) is 69.9. The highest BCUT2D eigenvalue weighted by Crippen LogP contribution is 2.38. The quantitative estimate of drug-likeness (QED) is 0.0212. The second kappa shape index (κ2) is 52.4. The maximum Gasteiger partial charge on any atom is 0.306 e. The summed E-state index contributed by atoms with van der Waals surface area (Å²) in [5.74, 6) is -0.587. The fourth-order valence-corrected chi connectivity index (χ4v) is 8.64. The van der Waals surface area contributed by atoms with Crippen molar-refractivity contribution in [3.63, 3.8) is 0 Å². The summed E-state index contributed by atoms with van der Waals surface area (Å²) in [5.41, 5.74) is 0. The molecule has 73 heavy (non-hydrogen) atoms. The highest BCUT2D eigenvalue weighted by atomic mass is 31.2. The molecule has 0 heterocycles. The van der Waals surface area contributed by atoms with E-state index < -0.39 is 26.6 Å². The van der Waals surface area contributed by atoms with E-state index in [4.69, 9.17) is 13.8 Å². The Labute approximate surface area is 449 Å². The molecule has 0 fully saturated rings. The summed E-state index contributed by atoms with van der Waals surface area (Å²) in [6.07, 6.45) is 69.4. The minimum Gasteiger partial charge on any atom is -0.756 e. The topological polar surface area (TPSA) is 114 Å². The van der Waals surface area contributed by atoms with Crippen LogP contribution in [0.15, 0.2) is 97.2 Å². The van der Waals surface area contributed by atoms with Gasteiger partial charge in [0.05, 0.1) is 33.8 Å². The zero-order chi connectivity index (χ0) is 53.6. The molecule has 3 unspecified atom stereocenters. The molecule has 0 aliphatic carbocycles. The van der Waals surface area contributed by atoms with Crippen LogP contribution in [0.25, 0.3) is 0 Å². The Bertz CT molecular complexity index is 1570. The lowest BCUT2D eigenvalue weighted by Gasteiger charge is -2.30. The molecular weight excluding hydrogens is 928 g/mol. The lowest BCUT2D eigenvalue weighted by Crippen LogP contribution is -2.47. The summed E-state index contributed by atoms with van der Waals surface area (Å²) in [4.78, 5) is 39.8. The molecule has 0 rings (SSSR count). The van der Waals surface area contributed by atoms with Crippen LogP contribution in [0.2, 0.25) is 0 Å². The van der Waals surface area contributed by atoms with Gasteiger partial charge in [-0.05, 0) is 102 Å². The lowest BCUT2D eigenvalue weighted by molar-refractivity contribution is -0.870. The Morgan fingerprint density at radius 1 is 0.493 bits per heavy atom. The van der Waals surface area contributed by atoms with Crippen LogP contribution >= 0.6 is 7.82 Å². The van der Waals surface area contributed by atoms with Crippen molar-refractivity contribution in [2.24, 2.45) is 0 Å². The summed E-state index contributed by atoms with van der Waals surface area (Å²) in [5, 5.41) is 3.00. The molecule has 0 aliphatic rings. The van der Waals surface area contributed by atoms with Crippen LogP contribution in [0.1, 0.15) is 239 Å². The molecule has 0 aromatic rings. The molecule has 1 N–H and O–H groups in total. The number of likely N-dealkylation sites (N-methyl/N-ethyl adjacent to an activating group) is 1. The average molecular weight is 1040 g/mol. The van der Waals surface area contributed by atoms with E-state index in [2.05, 4.69) is 111 Å². The number of phosphoric ester groups is 1. The van der Waals surface area contributed by atoms with Crippen LogP contribution in [-0.2, 0) is 27.9 Å². The maximum absolute atomic E-state index is 13.4. The third-order valence-electron chi connectivity index (χ3n) is 12.5. The zero-order valence-electron chi connectivity index (χ0n) is 47.8. The molecule has 0 radical (unpaired) electrons. The number of carbonyl (C=O) groups is 2. The Hall–Kier alpha value is -3.07. The SMILES string of the molecule is CC/C=C\C/C=C\C/C=C\C/C=C\C/C=C\C/C=C\CCCCCCC(=O)OC(/C=C\CCCCCCCCCCCCC)C(COP(=O)([O-])OCC[N+](C)(C)C)NC(=O)CCCCCCC/C=C\CCCC. The number of quaternary nitrogens is 1. The van der Waals surface area contributed by atoms with Crippen molar-refractivity contribution in [3.8, 4) is 0 Å². The van der Waals surface area contributed by atoms with Crippen molar-refractivity contribution in [3.05, 3.63) is 97.2 Å². The number of hydrogen-bond donors (Lipinski definition) is 1. The van der Waals surface area contributed by atoms with Crippen molar-refractivity contribution < 1.29 is 37.3 Å². The number of hydrogen-bond acceptors (Lipinski definition) is 7. The molecule has 3 atom stereocenters. The van der Waals surface area contributed by atoms with Gasteiger partial charge in [-0.2, -0.15) is 0 Å². The van der Waals surface area contributed by atoms with Gasteiger partial charge in [-0.25, -0.2) is 0 Å². The van der Waals surface area contributed by atoms with Gasteiger partial charge < -0.3 is 28.5 Å². The summed E-state index contributed by atoms with van der Waals surface area (Å²) < 4.78 is 30.2. The number of nitrogens with zero attached hydrogens (tertiary/aromatic N) is 1. The Morgan fingerprint density at radius 2 is 0.890 bits per heavy atom. The fraction of sp³-hybridized carbons (Fsp3) is 0.714. The van der Waals surface area contributed by atoms with E-state index in [1.165, 1.54) is 70.6 Å². The number of rotatable bonds is 52. The maximum atomic E-state index is 13.4. The van der Waals surface area contributed by atoms with Gasteiger partial charge in [0, 0.05) is 12.8 Å².